The largest absolute Gasteiger partial charge is 0.497 e. The van der Waals surface area contributed by atoms with Gasteiger partial charge in [-0.25, -0.2) is 0 Å². The standard InChI is InChI=1S/C22H28N2O3/c1-4-8-21(25)24(16-19-11-13-20(27-3)14-12-19)17(2)22(26)23-15-18-9-6-5-7-10-18/h5-7,9-14,17H,4,8,15-16H2,1-3H3,(H,23,26)/t17-/m0/s1. The molecule has 2 rings (SSSR count). The highest BCUT2D eigenvalue weighted by atomic mass is 16.5. The van der Waals surface area contributed by atoms with Gasteiger partial charge in [-0.3, -0.25) is 9.59 Å². The first kappa shape index (κ1) is 20.5. The molecule has 0 aromatic heterocycles. The van der Waals surface area contributed by atoms with Crippen LogP contribution in [0.5, 0.6) is 5.75 Å². The number of methoxy groups -OCH3 is 1. The number of amides is 2. The van der Waals surface area contributed by atoms with Gasteiger partial charge >= 0.3 is 0 Å². The van der Waals surface area contributed by atoms with Gasteiger partial charge in [0.15, 0.2) is 0 Å². The second kappa shape index (κ2) is 10.4. The lowest BCUT2D eigenvalue weighted by atomic mass is 10.1. The van der Waals surface area contributed by atoms with E-state index >= 15 is 0 Å². The number of carbonyl (C=O) groups is 2. The molecule has 2 amide bonds. The van der Waals surface area contributed by atoms with Gasteiger partial charge < -0.3 is 15.0 Å². The number of ether oxygens (including phenoxy) is 1. The molecule has 2 aromatic carbocycles. The molecular weight excluding hydrogens is 340 g/mol. The number of nitrogens with zero attached hydrogens (tertiary/aromatic N) is 1. The van der Waals surface area contributed by atoms with Crippen molar-refractivity contribution in [3.63, 3.8) is 0 Å². The summed E-state index contributed by atoms with van der Waals surface area (Å²) in [5.74, 6) is 0.589. The molecule has 0 saturated heterocycles. The molecule has 0 aliphatic carbocycles. The molecule has 5 heteroatoms. The number of rotatable bonds is 9. The lowest BCUT2D eigenvalue weighted by Gasteiger charge is -2.29. The van der Waals surface area contributed by atoms with Crippen molar-refractivity contribution in [1.82, 2.24) is 10.2 Å². The van der Waals surface area contributed by atoms with Crippen LogP contribution in [0.1, 0.15) is 37.8 Å². The van der Waals surface area contributed by atoms with Gasteiger partial charge in [-0.1, -0.05) is 49.4 Å². The molecule has 0 radical (unpaired) electrons. The fraction of sp³-hybridized carbons (Fsp3) is 0.364. The second-order valence-electron chi connectivity index (χ2n) is 6.50. The van der Waals surface area contributed by atoms with Crippen LogP contribution in [0.15, 0.2) is 54.6 Å². The van der Waals surface area contributed by atoms with Gasteiger partial charge in [0.1, 0.15) is 11.8 Å². The average Bonchev–Trinajstić information content (AvgIpc) is 2.71. The molecule has 0 bridgehead atoms. The van der Waals surface area contributed by atoms with Crippen LogP contribution in [0.4, 0.5) is 0 Å². The summed E-state index contributed by atoms with van der Waals surface area (Å²) in [6, 6.07) is 16.7. The fourth-order valence-corrected chi connectivity index (χ4v) is 2.80. The van der Waals surface area contributed by atoms with Gasteiger partial charge in [0.05, 0.1) is 7.11 Å². The highest BCUT2D eigenvalue weighted by molar-refractivity contribution is 5.87. The van der Waals surface area contributed by atoms with E-state index in [1.165, 1.54) is 0 Å². The van der Waals surface area contributed by atoms with E-state index in [0.717, 1.165) is 23.3 Å². The van der Waals surface area contributed by atoms with E-state index in [9.17, 15) is 9.59 Å². The van der Waals surface area contributed by atoms with Crippen LogP contribution >= 0.6 is 0 Å². The molecule has 1 atom stereocenters. The van der Waals surface area contributed by atoms with Gasteiger partial charge in [0.25, 0.3) is 0 Å². The zero-order valence-corrected chi connectivity index (χ0v) is 16.3. The summed E-state index contributed by atoms with van der Waals surface area (Å²) in [4.78, 5) is 26.9. The van der Waals surface area contributed by atoms with Gasteiger partial charge in [-0.05, 0) is 36.6 Å². The number of hydrogen-bond acceptors (Lipinski definition) is 3. The minimum atomic E-state index is -0.546. The molecule has 2 aromatic rings. The third kappa shape index (κ3) is 6.13. The van der Waals surface area contributed by atoms with Crippen LogP contribution in [0.25, 0.3) is 0 Å². The van der Waals surface area contributed by atoms with E-state index in [0.29, 0.717) is 19.5 Å². The topological polar surface area (TPSA) is 58.6 Å². The molecule has 27 heavy (non-hydrogen) atoms. The maximum atomic E-state index is 12.6. The molecule has 0 unspecified atom stereocenters. The zero-order chi connectivity index (χ0) is 19.6. The predicted molar refractivity (Wildman–Crippen MR) is 106 cm³/mol. The summed E-state index contributed by atoms with van der Waals surface area (Å²) < 4.78 is 5.18. The fourth-order valence-electron chi connectivity index (χ4n) is 2.80. The maximum absolute atomic E-state index is 12.6. The van der Waals surface area contributed by atoms with Gasteiger partial charge in [0, 0.05) is 19.5 Å². The number of benzene rings is 2. The van der Waals surface area contributed by atoms with Crippen molar-refractivity contribution >= 4 is 11.8 Å². The van der Waals surface area contributed by atoms with Crippen LogP contribution in [-0.2, 0) is 22.7 Å². The first-order chi connectivity index (χ1) is 13.0. The Hall–Kier alpha value is -2.82. The van der Waals surface area contributed by atoms with Crippen molar-refractivity contribution in [3.8, 4) is 5.75 Å². The first-order valence-corrected chi connectivity index (χ1v) is 9.29. The smallest absolute Gasteiger partial charge is 0.242 e. The van der Waals surface area contributed by atoms with Crippen molar-refractivity contribution < 1.29 is 14.3 Å². The van der Waals surface area contributed by atoms with Gasteiger partial charge in [-0.15, -0.1) is 0 Å². The SMILES string of the molecule is CCCC(=O)N(Cc1ccc(OC)cc1)[C@@H](C)C(=O)NCc1ccccc1. The Morgan fingerprint density at radius 2 is 1.70 bits per heavy atom. The van der Waals surface area contributed by atoms with Crippen molar-refractivity contribution in [3.05, 3.63) is 65.7 Å². The highest BCUT2D eigenvalue weighted by Crippen LogP contribution is 2.16. The third-order valence-electron chi connectivity index (χ3n) is 4.45. The van der Waals surface area contributed by atoms with E-state index in [1.807, 2.05) is 61.5 Å². The van der Waals surface area contributed by atoms with Crippen LogP contribution in [0.2, 0.25) is 0 Å². The molecule has 5 nitrogen and oxygen atoms in total. The van der Waals surface area contributed by atoms with Crippen molar-refractivity contribution in [1.29, 1.82) is 0 Å². The summed E-state index contributed by atoms with van der Waals surface area (Å²) >= 11 is 0. The Balaban J connectivity index is 2.06. The molecule has 0 saturated carbocycles. The van der Waals surface area contributed by atoms with Crippen molar-refractivity contribution in [2.24, 2.45) is 0 Å². The quantitative estimate of drug-likeness (QED) is 0.737. The minimum absolute atomic E-state index is 0.0179. The molecule has 0 heterocycles. The molecule has 1 N–H and O–H groups in total. The number of hydrogen-bond donors (Lipinski definition) is 1. The van der Waals surface area contributed by atoms with Crippen LogP contribution in [0.3, 0.4) is 0 Å². The Morgan fingerprint density at radius 3 is 2.30 bits per heavy atom. The van der Waals surface area contributed by atoms with E-state index in [2.05, 4.69) is 5.32 Å². The average molecular weight is 368 g/mol. The molecule has 144 valence electrons. The zero-order valence-electron chi connectivity index (χ0n) is 16.3. The Kier molecular flexibility index (Phi) is 7.86. The third-order valence-corrected chi connectivity index (χ3v) is 4.45. The monoisotopic (exact) mass is 368 g/mol. The van der Waals surface area contributed by atoms with Crippen molar-refractivity contribution in [2.75, 3.05) is 7.11 Å². The van der Waals surface area contributed by atoms with Crippen LogP contribution < -0.4 is 10.1 Å². The van der Waals surface area contributed by atoms with Crippen LogP contribution in [-0.4, -0.2) is 29.9 Å². The molecule has 0 aliphatic rings. The second-order valence-corrected chi connectivity index (χ2v) is 6.50. The molecule has 0 aliphatic heterocycles. The maximum Gasteiger partial charge on any atom is 0.242 e. The van der Waals surface area contributed by atoms with Crippen molar-refractivity contribution in [2.45, 2.75) is 45.8 Å². The molecular formula is C22H28N2O3. The first-order valence-electron chi connectivity index (χ1n) is 9.29. The Bertz CT molecular complexity index is 729. The predicted octanol–water partition coefficient (Wildman–Crippen LogP) is 3.53. The number of nitrogens with one attached hydrogen (secondary N) is 1. The van der Waals surface area contributed by atoms with E-state index < -0.39 is 6.04 Å². The number of carbonyl (C=O) groups excluding carboxylic acids is 2. The van der Waals surface area contributed by atoms with Gasteiger partial charge in [-0.2, -0.15) is 0 Å². The lowest BCUT2D eigenvalue weighted by molar-refractivity contribution is -0.140. The minimum Gasteiger partial charge on any atom is -0.497 e. The van der Waals surface area contributed by atoms with E-state index in [1.54, 1.807) is 18.9 Å². The highest BCUT2D eigenvalue weighted by Gasteiger charge is 2.25. The summed E-state index contributed by atoms with van der Waals surface area (Å²) in [5, 5.41) is 2.93. The summed E-state index contributed by atoms with van der Waals surface area (Å²) in [6.45, 7) is 4.58. The van der Waals surface area contributed by atoms with E-state index in [-0.39, 0.29) is 11.8 Å². The lowest BCUT2D eigenvalue weighted by Crippen LogP contribution is -2.47. The molecule has 0 spiro atoms. The summed E-state index contributed by atoms with van der Waals surface area (Å²) in [6.07, 6.45) is 1.17. The van der Waals surface area contributed by atoms with E-state index in [4.69, 9.17) is 4.74 Å². The molecule has 0 fully saturated rings. The summed E-state index contributed by atoms with van der Waals surface area (Å²) in [7, 11) is 1.62. The normalized spacial score (nSPS) is 11.5. The summed E-state index contributed by atoms with van der Waals surface area (Å²) in [5.41, 5.74) is 1.99. The Morgan fingerprint density at radius 1 is 1.04 bits per heavy atom. The Labute approximate surface area is 161 Å². The van der Waals surface area contributed by atoms with Gasteiger partial charge in [0.2, 0.25) is 11.8 Å². The van der Waals surface area contributed by atoms with Crippen LogP contribution in [0, 0.1) is 0 Å².